The van der Waals surface area contributed by atoms with Crippen LogP contribution in [0.3, 0.4) is 0 Å². The number of ether oxygens (including phenoxy) is 2. The van der Waals surface area contributed by atoms with Gasteiger partial charge in [0.1, 0.15) is 11.5 Å². The first kappa shape index (κ1) is 29.7. The highest BCUT2D eigenvalue weighted by Crippen LogP contribution is 2.30. The van der Waals surface area contributed by atoms with Crippen LogP contribution in [0.1, 0.15) is 121 Å². The summed E-state index contributed by atoms with van der Waals surface area (Å²) >= 11 is 0. The van der Waals surface area contributed by atoms with Crippen molar-refractivity contribution in [3.63, 3.8) is 0 Å². The molecule has 0 unspecified atom stereocenters. The maximum atomic E-state index is 11.8. The summed E-state index contributed by atoms with van der Waals surface area (Å²) < 4.78 is 11.9. The minimum Gasteiger partial charge on any atom is -0.494 e. The quantitative estimate of drug-likeness (QED) is 0.175. The molecule has 4 nitrogen and oxygen atoms in total. The van der Waals surface area contributed by atoms with Crippen LogP contribution in [0, 0.1) is 0 Å². The van der Waals surface area contributed by atoms with Crippen LogP contribution in [0.5, 0.6) is 11.5 Å². The smallest absolute Gasteiger partial charge is 0.336 e. The van der Waals surface area contributed by atoms with E-state index in [1.165, 1.54) is 83.5 Å². The Hall–Kier alpha value is -2.49. The Bertz CT molecular complexity index is 844. The summed E-state index contributed by atoms with van der Waals surface area (Å²) in [6.07, 6.45) is 18.9. The monoisotopic (exact) mass is 496 g/mol. The highest BCUT2D eigenvalue weighted by molar-refractivity contribution is 5.96. The third-order valence-electron chi connectivity index (χ3n) is 6.67. The average molecular weight is 497 g/mol. The molecule has 0 spiro atoms. The van der Waals surface area contributed by atoms with Crippen LogP contribution in [0.25, 0.3) is 11.1 Å². The van der Waals surface area contributed by atoms with Crippen molar-refractivity contribution in [2.75, 3.05) is 13.2 Å². The zero-order valence-corrected chi connectivity index (χ0v) is 22.7. The summed E-state index contributed by atoms with van der Waals surface area (Å²) in [6.45, 7) is 5.86. The number of unbranched alkanes of at least 4 members (excludes halogenated alkanes) is 13. The number of hydrogen-bond donors (Lipinski definition) is 1. The molecule has 2 aromatic rings. The third kappa shape index (κ3) is 12.0. The maximum absolute atomic E-state index is 11.8. The lowest BCUT2D eigenvalue weighted by molar-refractivity contribution is 0.0697. The third-order valence-corrected chi connectivity index (χ3v) is 6.67. The summed E-state index contributed by atoms with van der Waals surface area (Å²) in [5.41, 5.74) is 1.81. The molecule has 0 aliphatic carbocycles. The van der Waals surface area contributed by atoms with Crippen molar-refractivity contribution >= 4 is 5.97 Å². The number of rotatable bonds is 21. The van der Waals surface area contributed by atoms with E-state index in [4.69, 9.17) is 9.47 Å². The van der Waals surface area contributed by atoms with Crippen LogP contribution < -0.4 is 9.47 Å². The molecule has 0 aliphatic rings. The van der Waals surface area contributed by atoms with Crippen LogP contribution >= 0.6 is 0 Å². The second-order valence-corrected chi connectivity index (χ2v) is 9.83. The highest BCUT2D eigenvalue weighted by atomic mass is 16.5. The number of benzene rings is 2. The van der Waals surface area contributed by atoms with Crippen LogP contribution in [-0.2, 0) is 0 Å². The lowest BCUT2D eigenvalue weighted by atomic mass is 9.99. The van der Waals surface area contributed by atoms with Gasteiger partial charge in [0.15, 0.2) is 0 Å². The minimum absolute atomic E-state index is 0.283. The second-order valence-electron chi connectivity index (χ2n) is 9.83. The van der Waals surface area contributed by atoms with Gasteiger partial charge in [0, 0.05) is 0 Å². The van der Waals surface area contributed by atoms with Gasteiger partial charge in [-0.25, -0.2) is 4.79 Å². The Morgan fingerprint density at radius 3 is 1.56 bits per heavy atom. The molecular weight excluding hydrogens is 448 g/mol. The molecule has 4 heteroatoms. The molecule has 1 N–H and O–H groups in total. The Balaban J connectivity index is 1.81. The summed E-state index contributed by atoms with van der Waals surface area (Å²) in [5.74, 6) is 0.611. The first-order valence-electron chi connectivity index (χ1n) is 14.4. The molecule has 36 heavy (non-hydrogen) atoms. The van der Waals surface area contributed by atoms with E-state index in [9.17, 15) is 9.90 Å². The van der Waals surface area contributed by atoms with E-state index in [1.807, 2.05) is 30.3 Å². The van der Waals surface area contributed by atoms with E-state index in [-0.39, 0.29) is 5.56 Å². The van der Waals surface area contributed by atoms with Crippen LogP contribution in [0.4, 0.5) is 0 Å². The Labute approximate surface area is 219 Å². The van der Waals surface area contributed by atoms with Gasteiger partial charge in [-0.3, -0.25) is 0 Å². The van der Waals surface area contributed by atoms with Crippen molar-refractivity contribution in [2.45, 2.75) is 110 Å². The number of hydrogen-bond acceptors (Lipinski definition) is 3. The van der Waals surface area contributed by atoms with Crippen LogP contribution in [0.15, 0.2) is 42.5 Å². The molecular formula is C32H48O4. The van der Waals surface area contributed by atoms with Crippen molar-refractivity contribution in [3.8, 4) is 22.6 Å². The largest absolute Gasteiger partial charge is 0.494 e. The molecule has 0 amide bonds. The first-order chi connectivity index (χ1) is 17.7. The van der Waals surface area contributed by atoms with Crippen molar-refractivity contribution in [1.82, 2.24) is 0 Å². The zero-order valence-electron chi connectivity index (χ0n) is 22.7. The Morgan fingerprint density at radius 2 is 1.06 bits per heavy atom. The Morgan fingerprint density at radius 1 is 0.611 bits per heavy atom. The van der Waals surface area contributed by atoms with Crippen LogP contribution in [-0.4, -0.2) is 24.3 Å². The van der Waals surface area contributed by atoms with E-state index in [2.05, 4.69) is 13.8 Å². The summed E-state index contributed by atoms with van der Waals surface area (Å²) in [4.78, 5) is 11.8. The molecule has 0 heterocycles. The second kappa shape index (κ2) is 18.7. The number of aromatic carboxylic acids is 1. The molecule has 0 radical (unpaired) electrons. The number of carboxylic acid groups (broad SMARTS) is 1. The lowest BCUT2D eigenvalue weighted by Gasteiger charge is -2.12. The van der Waals surface area contributed by atoms with E-state index in [0.29, 0.717) is 12.2 Å². The number of carbonyl (C=O) groups is 1. The van der Waals surface area contributed by atoms with Crippen molar-refractivity contribution in [2.24, 2.45) is 0 Å². The molecule has 0 aliphatic heterocycles. The van der Waals surface area contributed by atoms with Gasteiger partial charge < -0.3 is 14.6 Å². The Kier molecular flexibility index (Phi) is 15.5. The number of carboxylic acids is 1. The molecule has 2 aromatic carbocycles. The van der Waals surface area contributed by atoms with E-state index >= 15 is 0 Å². The molecule has 0 bridgehead atoms. The van der Waals surface area contributed by atoms with Crippen molar-refractivity contribution in [3.05, 3.63) is 48.0 Å². The van der Waals surface area contributed by atoms with Gasteiger partial charge in [-0.1, -0.05) is 109 Å². The summed E-state index contributed by atoms with van der Waals surface area (Å²) in [5, 5.41) is 9.69. The molecule has 0 aromatic heterocycles. The minimum atomic E-state index is -0.932. The van der Waals surface area contributed by atoms with Crippen molar-refractivity contribution < 1.29 is 19.4 Å². The predicted molar refractivity (Wildman–Crippen MR) is 150 cm³/mol. The topological polar surface area (TPSA) is 55.8 Å². The average Bonchev–Trinajstić information content (AvgIpc) is 2.89. The molecule has 0 saturated carbocycles. The highest BCUT2D eigenvalue weighted by Gasteiger charge is 2.13. The van der Waals surface area contributed by atoms with Gasteiger partial charge in [0.05, 0.1) is 18.8 Å². The van der Waals surface area contributed by atoms with Gasteiger partial charge in [0.2, 0.25) is 0 Å². The van der Waals surface area contributed by atoms with Gasteiger partial charge in [-0.05, 0) is 54.3 Å². The van der Waals surface area contributed by atoms with E-state index in [0.717, 1.165) is 36.5 Å². The van der Waals surface area contributed by atoms with Gasteiger partial charge in [-0.15, -0.1) is 0 Å². The van der Waals surface area contributed by atoms with Gasteiger partial charge >= 0.3 is 5.97 Å². The molecule has 0 fully saturated rings. The van der Waals surface area contributed by atoms with Gasteiger partial charge in [0.25, 0.3) is 0 Å². The fourth-order valence-electron chi connectivity index (χ4n) is 4.44. The lowest BCUT2D eigenvalue weighted by Crippen LogP contribution is -2.02. The molecule has 200 valence electrons. The fourth-order valence-corrected chi connectivity index (χ4v) is 4.44. The van der Waals surface area contributed by atoms with Gasteiger partial charge in [-0.2, -0.15) is 0 Å². The van der Waals surface area contributed by atoms with E-state index in [1.54, 1.807) is 12.1 Å². The standard InChI is InChI=1S/C32H48O4/c1-3-5-7-9-11-13-15-16-24-35-28-20-18-27(19-21-28)31-26-29(22-23-30(31)32(33)34)36-25-17-14-12-10-8-6-4-2/h18-23,26H,3-17,24-25H2,1-2H3,(H,33,34). The summed E-state index contributed by atoms with van der Waals surface area (Å²) in [6, 6.07) is 13.0. The van der Waals surface area contributed by atoms with Crippen molar-refractivity contribution in [1.29, 1.82) is 0 Å². The molecule has 0 saturated heterocycles. The summed E-state index contributed by atoms with van der Waals surface area (Å²) in [7, 11) is 0. The van der Waals surface area contributed by atoms with E-state index < -0.39 is 5.97 Å². The zero-order chi connectivity index (χ0) is 25.8. The predicted octanol–water partition coefficient (Wildman–Crippen LogP) is 9.70. The SMILES string of the molecule is CCCCCCCCCCOc1ccc(-c2cc(OCCCCCCCCC)ccc2C(=O)O)cc1. The molecule has 2 rings (SSSR count). The normalized spacial score (nSPS) is 10.9. The molecule has 0 atom stereocenters. The maximum Gasteiger partial charge on any atom is 0.336 e. The first-order valence-corrected chi connectivity index (χ1v) is 14.4. The van der Waals surface area contributed by atoms with Crippen LogP contribution in [0.2, 0.25) is 0 Å². The fraction of sp³-hybridized carbons (Fsp3) is 0.594.